The topological polar surface area (TPSA) is 44.7 Å². The Labute approximate surface area is 120 Å². The van der Waals surface area contributed by atoms with Gasteiger partial charge < -0.3 is 10.2 Å². The zero-order chi connectivity index (χ0) is 13.9. The molecule has 0 saturated carbocycles. The third kappa shape index (κ3) is 3.25. The van der Waals surface area contributed by atoms with Crippen LogP contribution in [0.2, 0.25) is 0 Å². The molecule has 2 heterocycles. The predicted octanol–water partition coefficient (Wildman–Crippen LogP) is 2.25. The quantitative estimate of drug-likeness (QED) is 0.860. The molecule has 4 nitrogen and oxygen atoms in total. The van der Waals surface area contributed by atoms with Gasteiger partial charge in [0.1, 0.15) is 6.04 Å². The molecule has 1 amide bonds. The first-order valence-corrected chi connectivity index (χ1v) is 8.36. The number of carbonyl (C=O) groups is 1. The van der Waals surface area contributed by atoms with Gasteiger partial charge in [0, 0.05) is 24.4 Å². The molecule has 2 aliphatic rings. The molecule has 0 spiro atoms. The summed E-state index contributed by atoms with van der Waals surface area (Å²) >= 11 is 1.75. The number of carbonyl (C=O) groups excluding carboxylic acids is 1. The second-order valence-corrected chi connectivity index (χ2v) is 6.51. The molecule has 1 atom stereocenters. The van der Waals surface area contributed by atoms with Gasteiger partial charge in [-0.25, -0.2) is 4.99 Å². The molecule has 0 aromatic rings. The molecule has 2 saturated heterocycles. The summed E-state index contributed by atoms with van der Waals surface area (Å²) in [6.45, 7) is 8.14. The largest absolute Gasteiger partial charge is 0.359 e. The van der Waals surface area contributed by atoms with Gasteiger partial charge in [0.05, 0.1) is 0 Å². The second-order valence-electron chi connectivity index (χ2n) is 5.54. The summed E-state index contributed by atoms with van der Waals surface area (Å²) in [4.78, 5) is 18.7. The van der Waals surface area contributed by atoms with Gasteiger partial charge in [-0.1, -0.05) is 25.6 Å². The highest BCUT2D eigenvalue weighted by Crippen LogP contribution is 2.29. The van der Waals surface area contributed by atoms with E-state index in [-0.39, 0.29) is 17.5 Å². The molecule has 0 aliphatic carbocycles. The zero-order valence-corrected chi connectivity index (χ0v) is 13.1. The Hall–Kier alpha value is -0.710. The smallest absolute Gasteiger partial charge is 0.247 e. The van der Waals surface area contributed by atoms with Crippen molar-refractivity contribution in [2.45, 2.75) is 58.0 Å². The highest BCUT2D eigenvalue weighted by atomic mass is 32.2. The fourth-order valence-corrected chi connectivity index (χ4v) is 4.05. The monoisotopic (exact) mass is 283 g/mol. The molecule has 0 radical (unpaired) electrons. The molecular weight excluding hydrogens is 258 g/mol. The van der Waals surface area contributed by atoms with E-state index in [2.05, 4.69) is 24.2 Å². The van der Waals surface area contributed by atoms with E-state index < -0.39 is 0 Å². The SMILES string of the molecule is CCC1(CC)CSC(=NC(C)C(=O)N2CCCC2)N1. The van der Waals surface area contributed by atoms with Crippen molar-refractivity contribution in [2.75, 3.05) is 18.8 Å². The Morgan fingerprint density at radius 1 is 1.42 bits per heavy atom. The summed E-state index contributed by atoms with van der Waals surface area (Å²) in [6.07, 6.45) is 4.47. The lowest BCUT2D eigenvalue weighted by atomic mass is 9.96. The fourth-order valence-electron chi connectivity index (χ4n) is 2.64. The molecule has 2 rings (SSSR count). The van der Waals surface area contributed by atoms with Crippen molar-refractivity contribution in [2.24, 2.45) is 4.99 Å². The lowest BCUT2D eigenvalue weighted by Gasteiger charge is -2.25. The predicted molar refractivity (Wildman–Crippen MR) is 81.6 cm³/mol. The lowest BCUT2D eigenvalue weighted by molar-refractivity contribution is -0.131. The van der Waals surface area contributed by atoms with Crippen LogP contribution in [0.5, 0.6) is 0 Å². The zero-order valence-electron chi connectivity index (χ0n) is 12.2. The van der Waals surface area contributed by atoms with E-state index in [0.29, 0.717) is 0 Å². The van der Waals surface area contributed by atoms with E-state index in [9.17, 15) is 4.79 Å². The van der Waals surface area contributed by atoms with Crippen LogP contribution in [0, 0.1) is 0 Å². The first kappa shape index (κ1) is 14.7. The van der Waals surface area contributed by atoms with Crippen molar-refractivity contribution in [3.8, 4) is 0 Å². The van der Waals surface area contributed by atoms with E-state index in [1.54, 1.807) is 11.8 Å². The minimum Gasteiger partial charge on any atom is -0.359 e. The van der Waals surface area contributed by atoms with Crippen LogP contribution in [0.4, 0.5) is 0 Å². The Bertz CT molecular complexity index is 360. The molecule has 108 valence electrons. The molecule has 19 heavy (non-hydrogen) atoms. The Morgan fingerprint density at radius 2 is 2.05 bits per heavy atom. The molecule has 2 fully saturated rings. The number of hydrogen-bond acceptors (Lipinski definition) is 3. The van der Waals surface area contributed by atoms with Gasteiger partial charge in [-0.15, -0.1) is 0 Å². The van der Waals surface area contributed by atoms with Crippen LogP contribution in [0.25, 0.3) is 0 Å². The fraction of sp³-hybridized carbons (Fsp3) is 0.857. The highest BCUT2D eigenvalue weighted by molar-refractivity contribution is 8.14. The van der Waals surface area contributed by atoms with Gasteiger partial charge in [-0.3, -0.25) is 4.79 Å². The molecule has 0 bridgehead atoms. The maximum absolute atomic E-state index is 12.2. The number of amides is 1. The van der Waals surface area contributed by atoms with Crippen molar-refractivity contribution < 1.29 is 4.79 Å². The number of thioether (sulfide) groups is 1. The molecule has 1 unspecified atom stereocenters. The minimum atomic E-state index is -0.252. The van der Waals surface area contributed by atoms with E-state index in [4.69, 9.17) is 0 Å². The normalized spacial score (nSPS) is 25.6. The van der Waals surface area contributed by atoms with E-state index >= 15 is 0 Å². The Morgan fingerprint density at radius 3 is 2.58 bits per heavy atom. The van der Waals surface area contributed by atoms with Gasteiger partial charge >= 0.3 is 0 Å². The number of nitrogens with zero attached hydrogens (tertiary/aromatic N) is 2. The summed E-state index contributed by atoms with van der Waals surface area (Å²) in [5, 5.41) is 4.47. The maximum atomic E-state index is 12.2. The number of nitrogens with one attached hydrogen (secondary N) is 1. The summed E-state index contributed by atoms with van der Waals surface area (Å²) < 4.78 is 0. The van der Waals surface area contributed by atoms with Crippen LogP contribution < -0.4 is 5.32 Å². The number of hydrogen-bond donors (Lipinski definition) is 1. The number of rotatable bonds is 4. The molecule has 0 aromatic heterocycles. The minimum absolute atomic E-state index is 0.179. The van der Waals surface area contributed by atoms with Gasteiger partial charge in [0.25, 0.3) is 0 Å². The number of aliphatic imine (C=N–C) groups is 1. The van der Waals surface area contributed by atoms with Crippen molar-refractivity contribution in [3.05, 3.63) is 0 Å². The first-order valence-electron chi connectivity index (χ1n) is 7.38. The highest BCUT2D eigenvalue weighted by Gasteiger charge is 2.34. The van der Waals surface area contributed by atoms with Gasteiger partial charge in [0.15, 0.2) is 5.17 Å². The summed E-state index contributed by atoms with van der Waals surface area (Å²) in [7, 11) is 0. The second kappa shape index (κ2) is 6.16. The van der Waals surface area contributed by atoms with Gasteiger partial charge in [-0.2, -0.15) is 0 Å². The lowest BCUT2D eigenvalue weighted by Crippen LogP contribution is -2.43. The molecule has 1 N–H and O–H groups in total. The molecular formula is C14H25N3OS. The van der Waals surface area contributed by atoms with Gasteiger partial charge in [0.2, 0.25) is 5.91 Å². The van der Waals surface area contributed by atoms with Crippen LogP contribution in [0.1, 0.15) is 46.5 Å². The average Bonchev–Trinajstić information content (AvgIpc) is 3.07. The maximum Gasteiger partial charge on any atom is 0.247 e. The standard InChI is InChI=1S/C14H25N3OS/c1-4-14(5-2)10-19-13(16-14)15-11(3)12(18)17-8-6-7-9-17/h11H,4-10H2,1-3H3,(H,15,16). The van der Waals surface area contributed by atoms with Crippen molar-refractivity contribution in [3.63, 3.8) is 0 Å². The van der Waals surface area contributed by atoms with Crippen LogP contribution in [0.3, 0.4) is 0 Å². The summed E-state index contributed by atoms with van der Waals surface area (Å²) in [5.41, 5.74) is 0.180. The average molecular weight is 283 g/mol. The van der Waals surface area contributed by atoms with E-state index in [1.807, 2.05) is 11.8 Å². The van der Waals surface area contributed by atoms with Crippen molar-refractivity contribution in [1.82, 2.24) is 10.2 Å². The van der Waals surface area contributed by atoms with E-state index in [0.717, 1.165) is 49.7 Å². The van der Waals surface area contributed by atoms with Crippen LogP contribution in [0.15, 0.2) is 4.99 Å². The van der Waals surface area contributed by atoms with Crippen LogP contribution in [-0.2, 0) is 4.79 Å². The van der Waals surface area contributed by atoms with Crippen LogP contribution >= 0.6 is 11.8 Å². The first-order chi connectivity index (χ1) is 9.10. The van der Waals surface area contributed by atoms with Crippen molar-refractivity contribution >= 4 is 22.8 Å². The molecule has 2 aliphatic heterocycles. The summed E-state index contributed by atoms with van der Waals surface area (Å²) in [6, 6.07) is -0.252. The third-order valence-electron chi connectivity index (χ3n) is 4.30. The van der Waals surface area contributed by atoms with Gasteiger partial charge in [-0.05, 0) is 32.6 Å². The number of likely N-dealkylation sites (tertiary alicyclic amines) is 1. The number of amidine groups is 1. The summed E-state index contributed by atoms with van der Waals surface area (Å²) in [5.74, 6) is 1.24. The third-order valence-corrected chi connectivity index (χ3v) is 5.47. The Kier molecular flexibility index (Phi) is 4.76. The van der Waals surface area contributed by atoms with Crippen molar-refractivity contribution in [1.29, 1.82) is 0 Å². The van der Waals surface area contributed by atoms with Crippen LogP contribution in [-0.4, -0.2) is 46.4 Å². The Balaban J connectivity index is 1.96. The molecule has 0 aromatic carbocycles. The van der Waals surface area contributed by atoms with E-state index in [1.165, 1.54) is 0 Å². The molecule has 5 heteroatoms.